The molecule has 1 aliphatic heterocycles. The minimum Gasteiger partial charge on any atom is -0.448 e. The van der Waals surface area contributed by atoms with Crippen molar-refractivity contribution in [2.24, 2.45) is 0 Å². The number of hydrazine groups is 1. The number of anilines is 1. The number of carbonyl (C=O) groups excluding carboxylic acids is 1. The van der Waals surface area contributed by atoms with Gasteiger partial charge in [-0.1, -0.05) is 13.8 Å². The van der Waals surface area contributed by atoms with Crippen LogP contribution in [0.5, 0.6) is 0 Å². The van der Waals surface area contributed by atoms with Gasteiger partial charge in [0, 0.05) is 5.25 Å². The van der Waals surface area contributed by atoms with Gasteiger partial charge in [-0.3, -0.25) is 5.43 Å². The van der Waals surface area contributed by atoms with E-state index < -0.39 is 11.8 Å². The van der Waals surface area contributed by atoms with Gasteiger partial charge in [0.25, 0.3) is 0 Å². The van der Waals surface area contributed by atoms with E-state index in [4.69, 9.17) is 4.74 Å². The van der Waals surface area contributed by atoms with E-state index in [1.165, 1.54) is 16.6 Å². The van der Waals surface area contributed by atoms with Gasteiger partial charge in [0.1, 0.15) is 0 Å². The molecule has 0 atom stereocenters. The van der Waals surface area contributed by atoms with Gasteiger partial charge in [-0.25, -0.2) is 18.7 Å². The van der Waals surface area contributed by atoms with Crippen molar-refractivity contribution in [3.63, 3.8) is 0 Å². The van der Waals surface area contributed by atoms with Gasteiger partial charge in [0.2, 0.25) is 5.95 Å². The normalized spacial score (nSPS) is 13.4. The van der Waals surface area contributed by atoms with Crippen molar-refractivity contribution in [1.29, 1.82) is 0 Å². The Labute approximate surface area is 114 Å². The molecule has 1 aliphatic rings. The van der Waals surface area contributed by atoms with Crippen LogP contribution in [0.1, 0.15) is 20.8 Å². The summed E-state index contributed by atoms with van der Waals surface area (Å²) < 4.78 is 8.68. The molecule has 9 heteroatoms. The fraction of sp³-hybridized carbons (Fsp3) is 0.500. The second-order valence-electron chi connectivity index (χ2n) is 3.96. The van der Waals surface area contributed by atoms with Crippen molar-refractivity contribution in [1.82, 2.24) is 18.8 Å². The fourth-order valence-corrected chi connectivity index (χ4v) is 2.20. The summed E-state index contributed by atoms with van der Waals surface area (Å²) in [6.45, 7) is 5.95. The number of hydrogen-bond acceptors (Lipinski definition) is 7. The van der Waals surface area contributed by atoms with Crippen LogP contribution in [0.2, 0.25) is 0 Å². The predicted molar refractivity (Wildman–Crippen MR) is 72.4 cm³/mol. The standard InChI is InChI=1S/C10H15N5O3S/c1-4-18-10(17)15-9(16)11-8-12-14(19-7(2)3)6-5-13(8)15/h5-7H,4H2,1-3H3,(H,11,12,16). The highest BCUT2D eigenvalue weighted by Crippen LogP contribution is 2.21. The van der Waals surface area contributed by atoms with Gasteiger partial charge in [-0.2, -0.15) is 4.98 Å². The molecule has 1 aromatic heterocycles. The Morgan fingerprint density at radius 1 is 1.53 bits per heavy atom. The predicted octanol–water partition coefficient (Wildman–Crippen LogP) is 1.18. The Morgan fingerprint density at radius 3 is 2.89 bits per heavy atom. The number of carbonyl (C=O) groups is 1. The third kappa shape index (κ3) is 2.75. The SMILES string of the molecule is CCOC(=O)n1c(=O)nc2n1C=CN(SC(C)C)N2. The van der Waals surface area contributed by atoms with E-state index in [1.54, 1.807) is 23.7 Å². The van der Waals surface area contributed by atoms with Crippen LogP contribution in [0, 0.1) is 0 Å². The third-order valence-electron chi connectivity index (χ3n) is 2.13. The number of fused-ring (bicyclic) bond motifs is 1. The number of nitrogens with one attached hydrogen (secondary N) is 1. The van der Waals surface area contributed by atoms with Crippen LogP contribution in [-0.4, -0.2) is 36.7 Å². The van der Waals surface area contributed by atoms with Crippen molar-refractivity contribution in [3.05, 3.63) is 16.7 Å². The number of rotatable bonds is 3. The molecular weight excluding hydrogens is 270 g/mol. The highest BCUT2D eigenvalue weighted by molar-refractivity contribution is 7.97. The second-order valence-corrected chi connectivity index (χ2v) is 5.51. The van der Waals surface area contributed by atoms with E-state index in [0.717, 1.165) is 4.68 Å². The Morgan fingerprint density at radius 2 is 2.26 bits per heavy atom. The number of hydrogen-bond donors (Lipinski definition) is 1. The minimum absolute atomic E-state index is 0.193. The van der Waals surface area contributed by atoms with Crippen molar-refractivity contribution in [3.8, 4) is 0 Å². The van der Waals surface area contributed by atoms with Crippen LogP contribution in [0.15, 0.2) is 11.0 Å². The Kier molecular flexibility index (Phi) is 3.84. The highest BCUT2D eigenvalue weighted by Gasteiger charge is 2.22. The molecule has 0 unspecified atom stereocenters. The molecular formula is C10H15N5O3S. The molecule has 0 amide bonds. The van der Waals surface area contributed by atoms with Gasteiger partial charge in [-0.05, 0) is 18.9 Å². The first-order valence-corrected chi connectivity index (χ1v) is 6.66. The van der Waals surface area contributed by atoms with Crippen molar-refractivity contribution in [2.45, 2.75) is 26.0 Å². The van der Waals surface area contributed by atoms with Gasteiger partial charge in [0.15, 0.2) is 0 Å². The number of ether oxygens (including phenoxy) is 1. The zero-order chi connectivity index (χ0) is 14.0. The van der Waals surface area contributed by atoms with Gasteiger partial charge >= 0.3 is 11.8 Å². The molecule has 0 spiro atoms. The van der Waals surface area contributed by atoms with Crippen LogP contribution >= 0.6 is 11.9 Å². The van der Waals surface area contributed by atoms with Crippen molar-refractivity contribution < 1.29 is 9.53 Å². The average Bonchev–Trinajstić information content (AvgIpc) is 2.63. The zero-order valence-corrected chi connectivity index (χ0v) is 11.7. The average molecular weight is 285 g/mol. The fourth-order valence-electron chi connectivity index (χ4n) is 1.49. The lowest BCUT2D eigenvalue weighted by atomic mass is 10.6. The van der Waals surface area contributed by atoms with Gasteiger partial charge in [0.05, 0.1) is 19.0 Å². The van der Waals surface area contributed by atoms with E-state index >= 15 is 0 Å². The maximum Gasteiger partial charge on any atom is 0.438 e. The smallest absolute Gasteiger partial charge is 0.438 e. The van der Waals surface area contributed by atoms with E-state index in [2.05, 4.69) is 10.4 Å². The molecule has 0 saturated carbocycles. The molecule has 2 rings (SSSR count). The summed E-state index contributed by atoms with van der Waals surface area (Å²) in [5.74, 6) is 0.272. The summed E-state index contributed by atoms with van der Waals surface area (Å²) in [6.07, 6.45) is 2.53. The summed E-state index contributed by atoms with van der Waals surface area (Å²) >= 11 is 1.53. The van der Waals surface area contributed by atoms with Gasteiger partial charge in [-0.15, -0.1) is 4.68 Å². The van der Waals surface area contributed by atoms with Crippen molar-refractivity contribution >= 4 is 30.2 Å². The monoisotopic (exact) mass is 285 g/mol. The molecule has 2 heterocycles. The summed E-state index contributed by atoms with van der Waals surface area (Å²) in [7, 11) is 0. The summed E-state index contributed by atoms with van der Waals surface area (Å²) in [6, 6.07) is 0. The van der Waals surface area contributed by atoms with Crippen LogP contribution in [-0.2, 0) is 4.74 Å². The van der Waals surface area contributed by atoms with Crippen LogP contribution in [0.25, 0.3) is 6.20 Å². The van der Waals surface area contributed by atoms with Crippen LogP contribution in [0.4, 0.5) is 10.7 Å². The molecule has 0 aromatic carbocycles. The Bertz CT molecular complexity index is 562. The van der Waals surface area contributed by atoms with E-state index in [0.29, 0.717) is 5.25 Å². The lowest BCUT2D eigenvalue weighted by molar-refractivity contribution is 0.147. The molecule has 0 radical (unpaired) electrons. The van der Waals surface area contributed by atoms with E-state index in [1.807, 2.05) is 13.8 Å². The zero-order valence-electron chi connectivity index (χ0n) is 10.9. The number of aromatic nitrogens is 3. The van der Waals surface area contributed by atoms with Crippen LogP contribution < -0.4 is 11.1 Å². The summed E-state index contributed by atoms with van der Waals surface area (Å²) in [5.41, 5.74) is 2.24. The summed E-state index contributed by atoms with van der Waals surface area (Å²) in [5, 5.41) is 0.363. The van der Waals surface area contributed by atoms with E-state index in [-0.39, 0.29) is 12.6 Å². The molecule has 0 fully saturated rings. The lowest BCUT2D eigenvalue weighted by Crippen LogP contribution is -2.31. The van der Waals surface area contributed by atoms with Crippen LogP contribution in [0.3, 0.4) is 0 Å². The molecule has 0 saturated heterocycles. The molecule has 104 valence electrons. The molecule has 0 bridgehead atoms. The molecule has 0 aliphatic carbocycles. The second kappa shape index (κ2) is 5.39. The van der Waals surface area contributed by atoms with E-state index in [9.17, 15) is 9.59 Å². The highest BCUT2D eigenvalue weighted by atomic mass is 32.2. The van der Waals surface area contributed by atoms with Gasteiger partial charge < -0.3 is 4.74 Å². The molecule has 1 N–H and O–H groups in total. The maximum atomic E-state index is 11.7. The summed E-state index contributed by atoms with van der Waals surface area (Å²) in [4.78, 5) is 27.1. The number of nitrogens with zero attached hydrogens (tertiary/aromatic N) is 4. The molecule has 1 aromatic rings. The first kappa shape index (κ1) is 13.5. The molecule has 8 nitrogen and oxygen atoms in total. The topological polar surface area (TPSA) is 81.4 Å². The lowest BCUT2D eigenvalue weighted by Gasteiger charge is -2.25. The Hall–Kier alpha value is -1.90. The quantitative estimate of drug-likeness (QED) is 0.835. The molecule has 19 heavy (non-hydrogen) atoms. The third-order valence-corrected chi connectivity index (χ3v) is 3.00. The van der Waals surface area contributed by atoms with Crippen molar-refractivity contribution in [2.75, 3.05) is 12.0 Å². The maximum absolute atomic E-state index is 11.7. The first-order valence-electron chi connectivity index (χ1n) is 5.82. The largest absolute Gasteiger partial charge is 0.448 e. The minimum atomic E-state index is -0.748. The first-order chi connectivity index (χ1) is 9.02. The Balaban J connectivity index is 2.28.